The summed E-state index contributed by atoms with van der Waals surface area (Å²) in [5.41, 5.74) is 1.01. The summed E-state index contributed by atoms with van der Waals surface area (Å²) in [6.07, 6.45) is 2.91. The van der Waals surface area contributed by atoms with E-state index in [1.807, 2.05) is 0 Å². The molecule has 9 heteroatoms. The molecule has 0 spiro atoms. The van der Waals surface area contributed by atoms with Gasteiger partial charge in [0.25, 0.3) is 5.56 Å². The third-order valence-corrected chi connectivity index (χ3v) is 6.21. The molecule has 4 rings (SSSR count). The first-order valence-electron chi connectivity index (χ1n) is 10.6. The lowest BCUT2D eigenvalue weighted by Crippen LogP contribution is -2.40. The van der Waals surface area contributed by atoms with Crippen molar-refractivity contribution >= 4 is 29.4 Å². The Hall–Kier alpha value is -4.11. The van der Waals surface area contributed by atoms with Crippen LogP contribution in [0.1, 0.15) is 31.0 Å². The van der Waals surface area contributed by atoms with Crippen LogP contribution in [-0.2, 0) is 14.3 Å². The van der Waals surface area contributed by atoms with Gasteiger partial charge in [-0.05, 0) is 36.8 Å². The molecule has 1 atom stereocenters. The van der Waals surface area contributed by atoms with Crippen molar-refractivity contribution in [3.8, 4) is 5.75 Å². The van der Waals surface area contributed by atoms with Gasteiger partial charge in [0, 0.05) is 12.5 Å². The molecule has 0 amide bonds. The van der Waals surface area contributed by atoms with Crippen molar-refractivity contribution < 1.29 is 23.5 Å². The summed E-state index contributed by atoms with van der Waals surface area (Å²) in [6, 6.07) is 11.8. The molecule has 0 saturated carbocycles. The first-order valence-corrected chi connectivity index (χ1v) is 11.4. The average Bonchev–Trinajstić information content (AvgIpc) is 3.12. The Kier molecular flexibility index (Phi) is 6.88. The van der Waals surface area contributed by atoms with E-state index in [0.29, 0.717) is 21.8 Å². The maximum absolute atomic E-state index is 14.2. The van der Waals surface area contributed by atoms with Crippen LogP contribution in [0.5, 0.6) is 5.75 Å². The number of hydrogen-bond donors (Lipinski definition) is 0. The monoisotopic (exact) mass is 492 g/mol. The summed E-state index contributed by atoms with van der Waals surface area (Å²) in [7, 11) is 0. The highest BCUT2D eigenvalue weighted by molar-refractivity contribution is 7.07. The molecule has 178 valence electrons. The first kappa shape index (κ1) is 24.0. The Morgan fingerprint density at radius 2 is 1.91 bits per heavy atom. The van der Waals surface area contributed by atoms with Crippen LogP contribution >= 0.6 is 11.3 Å². The number of benzene rings is 2. The van der Waals surface area contributed by atoms with E-state index in [1.165, 1.54) is 29.7 Å². The van der Waals surface area contributed by atoms with Gasteiger partial charge in [-0.2, -0.15) is 0 Å². The number of esters is 2. The van der Waals surface area contributed by atoms with Crippen molar-refractivity contribution in [3.63, 3.8) is 0 Å². The molecule has 0 bridgehead atoms. The number of allylic oxidation sites excluding steroid dienone is 1. The van der Waals surface area contributed by atoms with E-state index < -0.39 is 29.4 Å². The third kappa shape index (κ3) is 4.90. The molecule has 0 fully saturated rings. The molecule has 1 aromatic heterocycles. The second-order valence-electron chi connectivity index (χ2n) is 7.65. The largest absolute Gasteiger partial charge is 0.458 e. The molecule has 1 aliphatic rings. The van der Waals surface area contributed by atoms with E-state index in [9.17, 15) is 18.8 Å². The minimum atomic E-state index is -0.849. The Bertz CT molecular complexity index is 1530. The topological polar surface area (TPSA) is 87.0 Å². The van der Waals surface area contributed by atoms with Crippen molar-refractivity contribution in [2.45, 2.75) is 19.9 Å². The number of halogens is 1. The predicted octanol–water partition coefficient (Wildman–Crippen LogP) is 3.03. The van der Waals surface area contributed by atoms with E-state index in [1.54, 1.807) is 49.4 Å². The Morgan fingerprint density at radius 3 is 2.57 bits per heavy atom. The summed E-state index contributed by atoms with van der Waals surface area (Å²) in [6.45, 7) is 6.51. The molecule has 0 aliphatic carbocycles. The Labute approximate surface area is 203 Å². The van der Waals surface area contributed by atoms with E-state index in [4.69, 9.17) is 9.47 Å². The number of carbonyl (C=O) groups is 2. The Balaban J connectivity index is 1.91. The lowest BCUT2D eigenvalue weighted by molar-refractivity contribution is -0.138. The first-order chi connectivity index (χ1) is 16.8. The van der Waals surface area contributed by atoms with Crippen LogP contribution < -0.4 is 19.6 Å². The van der Waals surface area contributed by atoms with Gasteiger partial charge in [-0.25, -0.2) is 14.2 Å². The van der Waals surface area contributed by atoms with Gasteiger partial charge in [0.15, 0.2) is 4.80 Å². The SMILES string of the molecule is C=CCOC(=O)C1=C(C)N=c2s/c(=C\c3ccccc3F)c(=O)n2C1c1ccc(OC(C)=O)cc1. The lowest BCUT2D eigenvalue weighted by atomic mass is 9.96. The maximum Gasteiger partial charge on any atom is 0.338 e. The minimum absolute atomic E-state index is 0.00850. The third-order valence-electron chi connectivity index (χ3n) is 5.22. The van der Waals surface area contributed by atoms with Crippen LogP contribution in [0.4, 0.5) is 4.39 Å². The van der Waals surface area contributed by atoms with Crippen LogP contribution in [0.3, 0.4) is 0 Å². The normalized spacial score (nSPS) is 15.3. The molecule has 0 saturated heterocycles. The molecule has 2 heterocycles. The second kappa shape index (κ2) is 10.0. The van der Waals surface area contributed by atoms with Crippen LogP contribution in [0, 0.1) is 5.82 Å². The van der Waals surface area contributed by atoms with Gasteiger partial charge in [0.1, 0.15) is 18.2 Å². The highest BCUT2D eigenvalue weighted by Crippen LogP contribution is 2.31. The average molecular weight is 493 g/mol. The highest BCUT2D eigenvalue weighted by Gasteiger charge is 2.33. The second-order valence-corrected chi connectivity index (χ2v) is 8.66. The van der Waals surface area contributed by atoms with E-state index in [2.05, 4.69) is 11.6 Å². The fraction of sp³-hybridized carbons (Fsp3) is 0.154. The van der Waals surface area contributed by atoms with Gasteiger partial charge in [-0.15, -0.1) is 0 Å². The summed E-state index contributed by atoms with van der Waals surface area (Å²) < 4.78 is 26.3. The number of hydrogen-bond acceptors (Lipinski definition) is 7. The van der Waals surface area contributed by atoms with Gasteiger partial charge in [-0.1, -0.05) is 54.3 Å². The van der Waals surface area contributed by atoms with Gasteiger partial charge >= 0.3 is 11.9 Å². The molecule has 3 aromatic rings. The smallest absolute Gasteiger partial charge is 0.338 e. The summed E-state index contributed by atoms with van der Waals surface area (Å²) in [4.78, 5) is 42.6. The fourth-order valence-electron chi connectivity index (χ4n) is 3.73. The van der Waals surface area contributed by atoms with Crippen molar-refractivity contribution in [2.24, 2.45) is 4.99 Å². The summed E-state index contributed by atoms with van der Waals surface area (Å²) in [5.74, 6) is -1.24. The number of thiazole rings is 1. The van der Waals surface area contributed by atoms with E-state index >= 15 is 0 Å². The van der Waals surface area contributed by atoms with Crippen molar-refractivity contribution in [1.29, 1.82) is 0 Å². The molecule has 35 heavy (non-hydrogen) atoms. The minimum Gasteiger partial charge on any atom is -0.458 e. The van der Waals surface area contributed by atoms with E-state index in [-0.39, 0.29) is 22.3 Å². The van der Waals surface area contributed by atoms with Crippen LogP contribution in [-0.4, -0.2) is 23.1 Å². The molecule has 2 aromatic carbocycles. The lowest BCUT2D eigenvalue weighted by Gasteiger charge is -2.24. The quantitative estimate of drug-likeness (QED) is 0.300. The molecule has 0 N–H and O–H groups in total. The van der Waals surface area contributed by atoms with Crippen molar-refractivity contribution in [1.82, 2.24) is 4.57 Å². The number of rotatable bonds is 6. The van der Waals surface area contributed by atoms with Gasteiger partial charge in [0.2, 0.25) is 0 Å². The molecule has 7 nitrogen and oxygen atoms in total. The number of ether oxygens (including phenoxy) is 2. The Morgan fingerprint density at radius 1 is 1.20 bits per heavy atom. The summed E-state index contributed by atoms with van der Waals surface area (Å²) >= 11 is 1.10. The molecule has 1 aliphatic heterocycles. The number of carbonyl (C=O) groups excluding carboxylic acids is 2. The van der Waals surface area contributed by atoms with Crippen LogP contribution in [0.25, 0.3) is 6.08 Å². The zero-order valence-electron chi connectivity index (χ0n) is 19.0. The van der Waals surface area contributed by atoms with Gasteiger partial charge in [0.05, 0.1) is 21.8 Å². The summed E-state index contributed by atoms with van der Waals surface area (Å²) in [5, 5.41) is 0. The predicted molar refractivity (Wildman–Crippen MR) is 129 cm³/mol. The maximum atomic E-state index is 14.2. The van der Waals surface area contributed by atoms with Gasteiger partial charge in [-0.3, -0.25) is 14.2 Å². The number of fused-ring (bicyclic) bond motifs is 1. The highest BCUT2D eigenvalue weighted by atomic mass is 32.1. The van der Waals surface area contributed by atoms with Crippen LogP contribution in [0.2, 0.25) is 0 Å². The van der Waals surface area contributed by atoms with E-state index in [0.717, 1.165) is 11.3 Å². The fourth-order valence-corrected chi connectivity index (χ4v) is 4.77. The van der Waals surface area contributed by atoms with Gasteiger partial charge < -0.3 is 9.47 Å². The molecular weight excluding hydrogens is 471 g/mol. The molecular formula is C26H21FN2O5S. The zero-order chi connectivity index (χ0) is 25.1. The molecule has 1 unspecified atom stereocenters. The molecule has 0 radical (unpaired) electrons. The standard InChI is InChI=1S/C26H21FN2O5S/c1-4-13-33-25(32)22-15(2)28-26-29(23(22)17-9-11-19(12-10-17)34-16(3)30)24(31)21(35-26)14-18-7-5-6-8-20(18)27/h4-12,14,23H,1,13H2,2-3H3/b21-14-. The van der Waals surface area contributed by atoms with Crippen LogP contribution in [0.15, 0.2) is 82.2 Å². The number of aromatic nitrogens is 1. The zero-order valence-corrected chi connectivity index (χ0v) is 19.8. The van der Waals surface area contributed by atoms with Crippen molar-refractivity contribution in [2.75, 3.05) is 6.61 Å². The number of nitrogens with zero attached hydrogens (tertiary/aromatic N) is 2. The van der Waals surface area contributed by atoms with Crippen molar-refractivity contribution in [3.05, 3.63) is 109 Å².